The second-order valence-electron chi connectivity index (χ2n) is 2.61. The maximum atomic E-state index is 12.3. The largest absolute Gasteiger partial charge is 0.240 e. The van der Waals surface area contributed by atoms with Crippen molar-refractivity contribution in [3.05, 3.63) is 0 Å². The van der Waals surface area contributed by atoms with E-state index in [1.165, 1.54) is 0 Å². The Morgan fingerprint density at radius 2 is 1.43 bits per heavy atom. The summed E-state index contributed by atoms with van der Waals surface area (Å²) in [4.78, 5) is 0. The van der Waals surface area contributed by atoms with Crippen LogP contribution in [0, 0.1) is 0 Å². The second-order valence-corrected chi connectivity index (χ2v) is 2.61. The van der Waals surface area contributed by atoms with Crippen molar-refractivity contribution in [1.82, 2.24) is 0 Å². The average molecular weight is 104 g/mol. The molecule has 0 aromatic heterocycles. The van der Waals surface area contributed by atoms with Gasteiger partial charge in [0.15, 0.2) is 0 Å². The predicted molar refractivity (Wildman–Crippen MR) is 21.5 cm³/mol. The highest BCUT2D eigenvalue weighted by atomic mass is 19.2. The summed E-state index contributed by atoms with van der Waals surface area (Å²) < 4.78 is 24.6. The van der Waals surface area contributed by atoms with E-state index in [-0.39, 0.29) is 6.42 Å². The number of hydrogen-bond donors (Lipinski definition) is 0. The normalized spacial score (nSPS) is 66.0. The molecular formula is C5H6F2. The van der Waals surface area contributed by atoms with Crippen LogP contribution in [0.15, 0.2) is 0 Å². The molecule has 2 unspecified atom stereocenters. The second kappa shape index (κ2) is 0.627. The Morgan fingerprint density at radius 3 is 1.43 bits per heavy atom. The molecule has 0 bridgehead atoms. The van der Waals surface area contributed by atoms with Crippen LogP contribution < -0.4 is 0 Å². The molecule has 2 aliphatic carbocycles. The average Bonchev–Trinajstić information content (AvgIpc) is 1.89. The Morgan fingerprint density at radius 1 is 1.00 bits per heavy atom. The fourth-order valence-corrected chi connectivity index (χ4v) is 1.24. The van der Waals surface area contributed by atoms with Gasteiger partial charge in [0.25, 0.3) is 0 Å². The van der Waals surface area contributed by atoms with Gasteiger partial charge in [-0.05, 0) is 12.8 Å². The number of halogens is 2. The van der Waals surface area contributed by atoms with E-state index in [0.717, 1.165) is 0 Å². The summed E-state index contributed by atoms with van der Waals surface area (Å²) >= 11 is 0. The van der Waals surface area contributed by atoms with Gasteiger partial charge >= 0.3 is 0 Å². The molecular weight excluding hydrogens is 98.1 g/mol. The Kier molecular flexibility index (Phi) is 0.341. The Hall–Kier alpha value is -0.140. The zero-order valence-corrected chi connectivity index (χ0v) is 3.88. The highest BCUT2D eigenvalue weighted by molar-refractivity contribution is 5.27. The van der Waals surface area contributed by atoms with Gasteiger partial charge in [-0.1, -0.05) is 0 Å². The van der Waals surface area contributed by atoms with Gasteiger partial charge in [-0.15, -0.1) is 0 Å². The molecule has 0 N–H and O–H groups in total. The van der Waals surface area contributed by atoms with Gasteiger partial charge in [0.1, 0.15) is 11.3 Å². The lowest BCUT2D eigenvalue weighted by atomic mass is 9.96. The summed E-state index contributed by atoms with van der Waals surface area (Å²) in [7, 11) is 0. The smallest absolute Gasteiger partial charge is 0.148 e. The minimum atomic E-state index is -1.34. The fraction of sp³-hybridized carbons (Fsp3) is 1.00. The van der Waals surface area contributed by atoms with Crippen molar-refractivity contribution < 1.29 is 8.78 Å². The SMILES string of the molecule is FC12CCC1(F)C2. The van der Waals surface area contributed by atoms with Crippen molar-refractivity contribution in [3.63, 3.8) is 0 Å². The molecule has 0 radical (unpaired) electrons. The molecule has 7 heavy (non-hydrogen) atoms. The van der Waals surface area contributed by atoms with E-state index in [4.69, 9.17) is 0 Å². The third kappa shape index (κ3) is 0.221. The molecule has 0 spiro atoms. The molecule has 0 aromatic rings. The van der Waals surface area contributed by atoms with Crippen molar-refractivity contribution in [1.29, 1.82) is 0 Å². The van der Waals surface area contributed by atoms with Crippen molar-refractivity contribution in [3.8, 4) is 0 Å². The lowest BCUT2D eigenvalue weighted by molar-refractivity contribution is 0.0709. The topological polar surface area (TPSA) is 0 Å². The van der Waals surface area contributed by atoms with E-state index >= 15 is 0 Å². The van der Waals surface area contributed by atoms with Crippen molar-refractivity contribution >= 4 is 0 Å². The third-order valence-electron chi connectivity index (χ3n) is 2.16. The van der Waals surface area contributed by atoms with Crippen LogP contribution in [0.3, 0.4) is 0 Å². The molecule has 2 rings (SSSR count). The number of hydrogen-bond acceptors (Lipinski definition) is 0. The van der Waals surface area contributed by atoms with E-state index in [1.807, 2.05) is 0 Å². The van der Waals surface area contributed by atoms with E-state index in [9.17, 15) is 8.78 Å². The van der Waals surface area contributed by atoms with Gasteiger partial charge in [-0.25, -0.2) is 8.78 Å². The van der Waals surface area contributed by atoms with Gasteiger partial charge in [-0.3, -0.25) is 0 Å². The summed E-state index contributed by atoms with van der Waals surface area (Å²) in [6, 6.07) is 0. The molecule has 0 saturated heterocycles. The quantitative estimate of drug-likeness (QED) is 0.438. The van der Waals surface area contributed by atoms with Crippen LogP contribution >= 0.6 is 0 Å². The van der Waals surface area contributed by atoms with Gasteiger partial charge < -0.3 is 0 Å². The van der Waals surface area contributed by atoms with Crippen LogP contribution in [0.4, 0.5) is 8.78 Å². The minimum Gasteiger partial charge on any atom is -0.240 e. The maximum absolute atomic E-state index is 12.3. The predicted octanol–water partition coefficient (Wildman–Crippen LogP) is 1.60. The van der Waals surface area contributed by atoms with Gasteiger partial charge in [0, 0.05) is 6.42 Å². The van der Waals surface area contributed by atoms with E-state index < -0.39 is 11.3 Å². The van der Waals surface area contributed by atoms with E-state index in [2.05, 4.69) is 0 Å². The lowest BCUT2D eigenvalue weighted by Crippen LogP contribution is -2.28. The highest BCUT2D eigenvalue weighted by Gasteiger charge is 2.77. The van der Waals surface area contributed by atoms with Crippen LogP contribution in [0.25, 0.3) is 0 Å². The van der Waals surface area contributed by atoms with Gasteiger partial charge in [0.2, 0.25) is 0 Å². The highest BCUT2D eigenvalue weighted by Crippen LogP contribution is 2.68. The third-order valence-corrected chi connectivity index (χ3v) is 2.16. The summed E-state index contributed by atoms with van der Waals surface area (Å²) in [5, 5.41) is 0. The molecule has 0 nitrogen and oxygen atoms in total. The minimum absolute atomic E-state index is 0.181. The standard InChI is InChI=1S/C5H6F2/c6-4-1-2-5(4,7)3-4/h1-3H2. The first-order chi connectivity index (χ1) is 3.16. The Bertz CT molecular complexity index is 109. The molecule has 2 heteroatoms. The number of alkyl halides is 2. The Labute approximate surface area is 40.5 Å². The monoisotopic (exact) mass is 104 g/mol. The van der Waals surface area contributed by atoms with Gasteiger partial charge in [0.05, 0.1) is 0 Å². The summed E-state index contributed by atoms with van der Waals surface area (Å²) in [6.07, 6.45) is 1.10. The van der Waals surface area contributed by atoms with Crippen LogP contribution in [-0.2, 0) is 0 Å². The van der Waals surface area contributed by atoms with Crippen LogP contribution in [0.2, 0.25) is 0 Å². The van der Waals surface area contributed by atoms with Crippen molar-refractivity contribution in [2.24, 2.45) is 0 Å². The van der Waals surface area contributed by atoms with E-state index in [0.29, 0.717) is 12.8 Å². The molecule has 2 saturated carbocycles. The first-order valence-electron chi connectivity index (χ1n) is 2.54. The molecule has 2 fully saturated rings. The summed E-state index contributed by atoms with van der Waals surface area (Å²) in [5.74, 6) is 0. The van der Waals surface area contributed by atoms with Crippen LogP contribution in [-0.4, -0.2) is 11.3 Å². The first kappa shape index (κ1) is 3.81. The summed E-state index contributed by atoms with van der Waals surface area (Å²) in [6.45, 7) is 0. The molecule has 2 aliphatic rings. The zero-order valence-electron chi connectivity index (χ0n) is 3.88. The number of rotatable bonds is 0. The maximum Gasteiger partial charge on any atom is 0.148 e. The van der Waals surface area contributed by atoms with Gasteiger partial charge in [-0.2, -0.15) is 0 Å². The lowest BCUT2D eigenvalue weighted by Gasteiger charge is -2.20. The zero-order chi connectivity index (χ0) is 5.12. The molecule has 40 valence electrons. The number of fused-ring (bicyclic) bond motifs is 1. The Balaban J connectivity index is 2.26. The van der Waals surface area contributed by atoms with Crippen molar-refractivity contribution in [2.75, 3.05) is 0 Å². The molecule has 0 aliphatic heterocycles. The molecule has 0 amide bonds. The van der Waals surface area contributed by atoms with Crippen LogP contribution in [0.1, 0.15) is 19.3 Å². The summed E-state index contributed by atoms with van der Waals surface area (Å²) in [5.41, 5.74) is -2.68. The first-order valence-corrected chi connectivity index (χ1v) is 2.54. The molecule has 2 atom stereocenters. The fourth-order valence-electron chi connectivity index (χ4n) is 1.24. The van der Waals surface area contributed by atoms with Crippen LogP contribution in [0.5, 0.6) is 0 Å². The molecule has 0 aromatic carbocycles. The molecule has 0 heterocycles. The van der Waals surface area contributed by atoms with Crippen molar-refractivity contribution in [2.45, 2.75) is 30.6 Å². The van der Waals surface area contributed by atoms with E-state index in [1.54, 1.807) is 0 Å².